The van der Waals surface area contributed by atoms with Crippen LogP contribution in [0, 0.1) is 11.6 Å². The molecule has 2 N–H and O–H groups in total. The Morgan fingerprint density at radius 2 is 1.84 bits per heavy atom. The van der Waals surface area contributed by atoms with Gasteiger partial charge in [-0.15, -0.1) is 0 Å². The molecule has 1 amide bonds. The van der Waals surface area contributed by atoms with Crippen LogP contribution in [0.3, 0.4) is 0 Å². The molecule has 200 valence electrons. The van der Waals surface area contributed by atoms with E-state index in [1.807, 2.05) is 46.2 Å². The highest BCUT2D eigenvalue weighted by Gasteiger charge is 2.23. The van der Waals surface area contributed by atoms with E-state index in [-0.39, 0.29) is 47.1 Å². The lowest BCUT2D eigenvalue weighted by Crippen LogP contribution is -2.37. The quantitative estimate of drug-likeness (QED) is 0.363. The van der Waals surface area contributed by atoms with E-state index in [4.69, 9.17) is 16.3 Å². The Hall–Kier alpha value is -2.97. The maximum Gasteiger partial charge on any atom is 0.251 e. The zero-order chi connectivity index (χ0) is 27.5. The van der Waals surface area contributed by atoms with Crippen molar-refractivity contribution in [3.63, 3.8) is 0 Å². The lowest BCUT2D eigenvalue weighted by molar-refractivity contribution is 0.0929. The van der Waals surface area contributed by atoms with Crippen molar-refractivity contribution < 1.29 is 23.4 Å². The molecule has 1 aromatic heterocycles. The summed E-state index contributed by atoms with van der Waals surface area (Å²) in [6, 6.07) is 6.42. The number of amides is 1. The van der Waals surface area contributed by atoms with Crippen molar-refractivity contribution in [2.45, 2.75) is 65.0 Å². The average molecular weight is 534 g/mol. The molecule has 3 aromatic rings. The van der Waals surface area contributed by atoms with E-state index < -0.39 is 23.6 Å². The lowest BCUT2D eigenvalue weighted by Gasteiger charge is -2.19. The van der Waals surface area contributed by atoms with Crippen LogP contribution in [-0.2, 0) is 18.9 Å². The minimum atomic E-state index is -0.742. The number of aromatic nitrogens is 2. The van der Waals surface area contributed by atoms with Gasteiger partial charge in [-0.1, -0.05) is 32.4 Å². The number of nitrogens with zero attached hydrogens (tertiary/aromatic N) is 2. The molecular weight excluding hydrogens is 500 g/mol. The van der Waals surface area contributed by atoms with E-state index in [9.17, 15) is 9.90 Å². The number of carbonyl (C=O) groups excluding carboxylic acids is 1. The summed E-state index contributed by atoms with van der Waals surface area (Å²) in [6.45, 7) is 9.50. The molecule has 0 aliphatic carbocycles. The number of aliphatic hydroxyl groups excluding tert-OH is 1. The van der Waals surface area contributed by atoms with Crippen molar-refractivity contribution in [1.29, 1.82) is 0 Å². The van der Waals surface area contributed by atoms with Gasteiger partial charge in [0.15, 0.2) is 0 Å². The van der Waals surface area contributed by atoms with Crippen LogP contribution in [0.5, 0.6) is 5.75 Å². The normalized spacial score (nSPS) is 12.6. The number of imidazole rings is 1. The van der Waals surface area contributed by atoms with E-state index in [1.165, 1.54) is 18.2 Å². The molecule has 0 fully saturated rings. The number of nitrogens with one attached hydrogen (secondary N) is 1. The van der Waals surface area contributed by atoms with Crippen molar-refractivity contribution >= 4 is 17.5 Å². The predicted octanol–water partition coefficient (Wildman–Crippen LogP) is 5.83. The Balaban J connectivity index is 1.81. The number of carbonyl (C=O) groups is 1. The van der Waals surface area contributed by atoms with E-state index in [0.717, 1.165) is 5.82 Å². The highest BCUT2D eigenvalue weighted by molar-refractivity contribution is 6.32. The number of halogens is 3. The molecule has 0 radical (unpaired) electrons. The molecule has 1 heterocycles. The van der Waals surface area contributed by atoms with Gasteiger partial charge in [0, 0.05) is 48.0 Å². The van der Waals surface area contributed by atoms with Crippen molar-refractivity contribution in [1.82, 2.24) is 14.9 Å². The number of rotatable bonds is 9. The monoisotopic (exact) mass is 533 g/mol. The van der Waals surface area contributed by atoms with E-state index in [2.05, 4.69) is 10.3 Å². The molecule has 0 aliphatic heterocycles. The Morgan fingerprint density at radius 3 is 2.35 bits per heavy atom. The summed E-state index contributed by atoms with van der Waals surface area (Å²) in [5.41, 5.74) is 0.661. The van der Waals surface area contributed by atoms with Crippen LogP contribution < -0.4 is 10.1 Å². The van der Waals surface area contributed by atoms with Gasteiger partial charge >= 0.3 is 0 Å². The van der Waals surface area contributed by atoms with Crippen LogP contribution in [0.1, 0.15) is 62.8 Å². The van der Waals surface area contributed by atoms with Crippen molar-refractivity contribution in [3.05, 3.63) is 70.1 Å². The molecule has 0 saturated heterocycles. The number of hydrogen-bond donors (Lipinski definition) is 2. The number of aryl methyl sites for hydroxylation is 1. The number of ether oxygens (including phenoxy) is 1. The van der Waals surface area contributed by atoms with E-state index in [1.54, 1.807) is 18.3 Å². The first kappa shape index (κ1) is 28.6. The van der Waals surface area contributed by atoms with Gasteiger partial charge in [-0.3, -0.25) is 4.79 Å². The molecular formula is C28H34ClF2N3O3. The largest absolute Gasteiger partial charge is 0.489 e. The molecule has 1 atom stereocenters. The third-order valence-corrected chi connectivity index (χ3v) is 6.10. The van der Waals surface area contributed by atoms with Crippen LogP contribution in [0.15, 0.2) is 36.5 Å². The lowest BCUT2D eigenvalue weighted by atomic mass is 9.96. The minimum absolute atomic E-state index is 0.0829. The summed E-state index contributed by atoms with van der Waals surface area (Å²) < 4.78 is 37.7. The SMILES string of the molecule is CC(C)Oc1ccc(C(=O)N[C@H](CCO)Cc2c(F)cc(-c3cn(C)c(C(C)(C)C)n3)cc2F)cc1Cl. The molecule has 37 heavy (non-hydrogen) atoms. The molecule has 0 spiro atoms. The smallest absolute Gasteiger partial charge is 0.251 e. The highest BCUT2D eigenvalue weighted by Crippen LogP contribution is 2.29. The maximum absolute atomic E-state index is 15.1. The van der Waals surface area contributed by atoms with Crippen molar-refractivity contribution in [2.24, 2.45) is 7.05 Å². The van der Waals surface area contributed by atoms with Crippen LogP contribution >= 0.6 is 11.6 Å². The van der Waals surface area contributed by atoms with Crippen LogP contribution in [0.25, 0.3) is 11.3 Å². The van der Waals surface area contributed by atoms with Gasteiger partial charge in [-0.05, 0) is 57.0 Å². The van der Waals surface area contributed by atoms with Crippen LogP contribution in [-0.4, -0.2) is 39.3 Å². The van der Waals surface area contributed by atoms with Crippen molar-refractivity contribution in [2.75, 3.05) is 6.61 Å². The van der Waals surface area contributed by atoms with E-state index >= 15 is 8.78 Å². The molecule has 0 saturated carbocycles. The summed E-state index contributed by atoms with van der Waals surface area (Å²) in [5, 5.41) is 12.5. The van der Waals surface area contributed by atoms with Gasteiger partial charge in [-0.25, -0.2) is 13.8 Å². The van der Waals surface area contributed by atoms with E-state index in [0.29, 0.717) is 17.0 Å². The number of hydrogen-bond acceptors (Lipinski definition) is 4. The third kappa shape index (κ3) is 7.08. The van der Waals surface area contributed by atoms with Gasteiger partial charge in [0.25, 0.3) is 5.91 Å². The zero-order valence-electron chi connectivity index (χ0n) is 22.0. The molecule has 0 aliphatic rings. The topological polar surface area (TPSA) is 76.4 Å². The number of benzene rings is 2. The summed E-state index contributed by atoms with van der Waals surface area (Å²) in [5.74, 6) is -0.715. The van der Waals surface area contributed by atoms with Gasteiger partial charge < -0.3 is 19.7 Å². The zero-order valence-corrected chi connectivity index (χ0v) is 22.8. The maximum atomic E-state index is 15.1. The summed E-state index contributed by atoms with van der Waals surface area (Å²) in [4.78, 5) is 17.4. The Kier molecular flexibility index (Phi) is 8.97. The summed E-state index contributed by atoms with van der Waals surface area (Å²) >= 11 is 6.24. The Morgan fingerprint density at radius 1 is 1.19 bits per heavy atom. The first-order chi connectivity index (χ1) is 17.3. The first-order valence-corrected chi connectivity index (χ1v) is 12.6. The molecule has 0 unspecified atom stereocenters. The fourth-order valence-electron chi connectivity index (χ4n) is 4.14. The Labute approximate surface area is 221 Å². The highest BCUT2D eigenvalue weighted by atomic mass is 35.5. The molecule has 2 aromatic carbocycles. The molecule has 6 nitrogen and oxygen atoms in total. The average Bonchev–Trinajstić information content (AvgIpc) is 3.19. The summed E-state index contributed by atoms with van der Waals surface area (Å²) in [7, 11) is 1.85. The third-order valence-electron chi connectivity index (χ3n) is 5.80. The summed E-state index contributed by atoms with van der Waals surface area (Å²) in [6.07, 6.45) is 1.64. The van der Waals surface area contributed by atoms with Crippen LogP contribution in [0.4, 0.5) is 8.78 Å². The molecule has 0 bridgehead atoms. The first-order valence-electron chi connectivity index (χ1n) is 12.2. The fraction of sp³-hybridized carbons (Fsp3) is 0.429. The van der Waals surface area contributed by atoms with Crippen LogP contribution in [0.2, 0.25) is 5.02 Å². The predicted molar refractivity (Wildman–Crippen MR) is 141 cm³/mol. The second-order valence-corrected chi connectivity index (χ2v) is 10.8. The standard InChI is InChI=1S/C28H34ClF2N3O3/c1-16(2)37-25-8-7-17(11-21(25)29)26(36)32-19(9-10-35)14-20-22(30)12-18(13-23(20)31)24-15-34(6)27(33-24)28(3,4)5/h7-8,11-13,15-16,19,35H,9-10,14H2,1-6H3,(H,32,36)/t19-/m1/s1. The van der Waals surface area contributed by atoms with Gasteiger partial charge in [0.05, 0.1) is 16.8 Å². The molecule has 3 rings (SSSR count). The minimum Gasteiger partial charge on any atom is -0.489 e. The second kappa shape index (κ2) is 11.6. The number of aliphatic hydroxyl groups is 1. The Bertz CT molecular complexity index is 1250. The van der Waals surface area contributed by atoms with Gasteiger partial charge in [0.1, 0.15) is 23.2 Å². The van der Waals surface area contributed by atoms with Gasteiger partial charge in [-0.2, -0.15) is 0 Å². The van der Waals surface area contributed by atoms with Gasteiger partial charge in [0.2, 0.25) is 0 Å². The molecule has 9 heteroatoms. The fourth-order valence-corrected chi connectivity index (χ4v) is 4.36. The van der Waals surface area contributed by atoms with Crippen molar-refractivity contribution in [3.8, 4) is 17.0 Å². The second-order valence-electron chi connectivity index (χ2n) is 10.4.